The Kier molecular flexibility index (Phi) is 12.1. The second-order valence-electron chi connectivity index (χ2n) is 6.39. The lowest BCUT2D eigenvalue weighted by Gasteiger charge is -2.18. The highest BCUT2D eigenvalue weighted by Gasteiger charge is 2.07. The van der Waals surface area contributed by atoms with Crippen LogP contribution >= 0.6 is 24.0 Å². The van der Waals surface area contributed by atoms with Crippen LogP contribution in [0.1, 0.15) is 25.0 Å². The molecule has 0 saturated heterocycles. The van der Waals surface area contributed by atoms with Crippen molar-refractivity contribution in [2.45, 2.75) is 33.1 Å². The largest absolute Gasteiger partial charge is 0.497 e. The van der Waals surface area contributed by atoms with Gasteiger partial charge in [0.2, 0.25) is 0 Å². The molecular formula is C22H32IN3O3. The van der Waals surface area contributed by atoms with Crippen LogP contribution < -0.4 is 20.1 Å². The smallest absolute Gasteiger partial charge is 0.191 e. The molecule has 0 bridgehead atoms. The van der Waals surface area contributed by atoms with Gasteiger partial charge in [-0.1, -0.05) is 30.3 Å². The summed E-state index contributed by atoms with van der Waals surface area (Å²) >= 11 is 0. The topological polar surface area (TPSA) is 64.1 Å². The molecule has 2 aromatic carbocycles. The van der Waals surface area contributed by atoms with E-state index in [-0.39, 0.29) is 30.1 Å². The van der Waals surface area contributed by atoms with E-state index < -0.39 is 0 Å². The van der Waals surface area contributed by atoms with Gasteiger partial charge in [-0.2, -0.15) is 0 Å². The molecule has 0 aliphatic rings. The summed E-state index contributed by atoms with van der Waals surface area (Å²) in [6.45, 7) is 6.65. The molecule has 1 atom stereocenters. The van der Waals surface area contributed by atoms with Crippen molar-refractivity contribution < 1.29 is 14.2 Å². The van der Waals surface area contributed by atoms with Crippen LogP contribution in [-0.4, -0.2) is 39.4 Å². The van der Waals surface area contributed by atoms with Gasteiger partial charge in [0, 0.05) is 19.7 Å². The maximum absolute atomic E-state index is 5.96. The summed E-state index contributed by atoms with van der Waals surface area (Å²) in [6.07, 6.45) is -0.0308. The normalized spacial score (nSPS) is 11.9. The zero-order valence-corrected chi connectivity index (χ0v) is 19.9. The Hall–Kier alpha value is -2.00. The first-order valence-electron chi connectivity index (χ1n) is 9.54. The van der Waals surface area contributed by atoms with Crippen molar-refractivity contribution in [2.24, 2.45) is 4.99 Å². The zero-order chi connectivity index (χ0) is 20.2. The molecule has 1 unspecified atom stereocenters. The minimum atomic E-state index is -0.0308. The van der Waals surface area contributed by atoms with Crippen molar-refractivity contribution in [2.75, 3.05) is 27.3 Å². The third kappa shape index (κ3) is 8.91. The number of halogens is 1. The van der Waals surface area contributed by atoms with Crippen LogP contribution in [0.5, 0.6) is 11.5 Å². The number of nitrogens with zero attached hydrogens (tertiary/aromatic N) is 1. The van der Waals surface area contributed by atoms with Crippen LogP contribution in [0, 0.1) is 0 Å². The van der Waals surface area contributed by atoms with E-state index in [1.54, 1.807) is 14.2 Å². The molecule has 160 valence electrons. The van der Waals surface area contributed by atoms with E-state index in [1.165, 1.54) is 0 Å². The molecule has 2 aromatic rings. The van der Waals surface area contributed by atoms with E-state index >= 15 is 0 Å². The summed E-state index contributed by atoms with van der Waals surface area (Å²) in [4.78, 5) is 4.70. The Bertz CT molecular complexity index is 756. The van der Waals surface area contributed by atoms with Crippen LogP contribution in [0.4, 0.5) is 0 Å². The van der Waals surface area contributed by atoms with E-state index in [0.717, 1.165) is 35.1 Å². The van der Waals surface area contributed by atoms with Crippen LogP contribution in [0.25, 0.3) is 0 Å². The van der Waals surface area contributed by atoms with Crippen molar-refractivity contribution in [3.8, 4) is 11.5 Å². The third-order valence-electron chi connectivity index (χ3n) is 4.11. The maximum Gasteiger partial charge on any atom is 0.191 e. The fourth-order valence-corrected chi connectivity index (χ4v) is 2.70. The highest BCUT2D eigenvalue weighted by molar-refractivity contribution is 14.0. The van der Waals surface area contributed by atoms with Gasteiger partial charge in [-0.05, 0) is 37.1 Å². The molecule has 2 N–H and O–H groups in total. The van der Waals surface area contributed by atoms with Gasteiger partial charge in [0.1, 0.15) is 17.6 Å². The third-order valence-corrected chi connectivity index (χ3v) is 4.11. The number of hydrogen-bond donors (Lipinski definition) is 2. The van der Waals surface area contributed by atoms with Gasteiger partial charge in [0.15, 0.2) is 5.96 Å². The Morgan fingerprint density at radius 3 is 2.41 bits per heavy atom. The van der Waals surface area contributed by atoms with E-state index in [1.807, 2.05) is 50.2 Å². The lowest BCUT2D eigenvalue weighted by atomic mass is 10.1. The number of hydrogen-bond acceptors (Lipinski definition) is 4. The second-order valence-corrected chi connectivity index (χ2v) is 6.39. The molecule has 0 heterocycles. The predicted octanol–water partition coefficient (Wildman–Crippen LogP) is 3.98. The molecule has 0 aliphatic carbocycles. The molecule has 2 rings (SSSR count). The van der Waals surface area contributed by atoms with Gasteiger partial charge >= 0.3 is 0 Å². The Morgan fingerprint density at radius 2 is 1.72 bits per heavy atom. The second kappa shape index (κ2) is 14.1. The lowest BCUT2D eigenvalue weighted by molar-refractivity contribution is 0.184. The monoisotopic (exact) mass is 513 g/mol. The summed E-state index contributed by atoms with van der Waals surface area (Å²) in [6, 6.07) is 15.8. The Labute approximate surface area is 191 Å². The average Bonchev–Trinajstić information content (AvgIpc) is 2.71. The number of nitrogens with one attached hydrogen (secondary N) is 2. The molecule has 7 heteroatoms. The van der Waals surface area contributed by atoms with Crippen LogP contribution in [0.2, 0.25) is 0 Å². The predicted molar refractivity (Wildman–Crippen MR) is 128 cm³/mol. The summed E-state index contributed by atoms with van der Waals surface area (Å²) in [5, 5.41) is 6.62. The fourth-order valence-electron chi connectivity index (χ4n) is 2.70. The van der Waals surface area contributed by atoms with E-state index in [0.29, 0.717) is 19.7 Å². The first-order valence-corrected chi connectivity index (χ1v) is 9.54. The minimum absolute atomic E-state index is 0. The molecule has 0 saturated carbocycles. The molecule has 0 radical (unpaired) electrons. The number of benzene rings is 2. The Balaban J connectivity index is 0.00000420. The molecule has 0 aliphatic heterocycles. The zero-order valence-electron chi connectivity index (χ0n) is 17.6. The van der Waals surface area contributed by atoms with Gasteiger partial charge in [0.25, 0.3) is 0 Å². The summed E-state index contributed by atoms with van der Waals surface area (Å²) in [5.41, 5.74) is 2.31. The van der Waals surface area contributed by atoms with Crippen LogP contribution in [0.15, 0.2) is 53.5 Å². The summed E-state index contributed by atoms with van der Waals surface area (Å²) < 4.78 is 16.5. The van der Waals surface area contributed by atoms with Gasteiger partial charge < -0.3 is 24.8 Å². The van der Waals surface area contributed by atoms with Crippen LogP contribution in [0.3, 0.4) is 0 Å². The van der Waals surface area contributed by atoms with Crippen molar-refractivity contribution in [1.82, 2.24) is 10.6 Å². The lowest BCUT2D eigenvalue weighted by Crippen LogP contribution is -2.41. The molecule has 0 fully saturated rings. The van der Waals surface area contributed by atoms with Crippen molar-refractivity contribution in [3.05, 3.63) is 59.7 Å². The highest BCUT2D eigenvalue weighted by atomic mass is 127. The fraction of sp³-hybridized carbons (Fsp3) is 0.409. The summed E-state index contributed by atoms with van der Waals surface area (Å²) in [5.74, 6) is 2.32. The highest BCUT2D eigenvalue weighted by Crippen LogP contribution is 2.19. The first-order chi connectivity index (χ1) is 13.7. The van der Waals surface area contributed by atoms with Crippen molar-refractivity contribution >= 4 is 29.9 Å². The van der Waals surface area contributed by atoms with Gasteiger partial charge in [-0.25, -0.2) is 4.99 Å². The molecule has 6 nitrogen and oxygen atoms in total. The molecule has 0 aromatic heterocycles. The van der Waals surface area contributed by atoms with E-state index in [2.05, 4.69) is 22.8 Å². The SMILES string of the molecule is CCNC(=NCc1ccccc1COC)NCC(C)Oc1cccc(OC)c1.I. The van der Waals surface area contributed by atoms with Crippen LogP contribution in [-0.2, 0) is 17.9 Å². The number of ether oxygens (including phenoxy) is 3. The van der Waals surface area contributed by atoms with Crippen molar-refractivity contribution in [1.29, 1.82) is 0 Å². The number of rotatable bonds is 10. The number of aliphatic imine (C=N–C) groups is 1. The molecule has 29 heavy (non-hydrogen) atoms. The van der Waals surface area contributed by atoms with Gasteiger partial charge in [-0.3, -0.25) is 0 Å². The molecular weight excluding hydrogens is 481 g/mol. The maximum atomic E-state index is 5.96. The van der Waals surface area contributed by atoms with E-state index in [4.69, 9.17) is 19.2 Å². The molecule has 0 amide bonds. The average molecular weight is 513 g/mol. The van der Waals surface area contributed by atoms with E-state index in [9.17, 15) is 0 Å². The van der Waals surface area contributed by atoms with Gasteiger partial charge in [-0.15, -0.1) is 24.0 Å². The molecule has 0 spiro atoms. The van der Waals surface area contributed by atoms with Crippen molar-refractivity contribution in [3.63, 3.8) is 0 Å². The standard InChI is InChI=1S/C22H31N3O3.HI/c1-5-23-22(25-15-18-9-6-7-10-19(18)16-26-3)24-14-17(2)28-21-12-8-11-20(13-21)27-4;/h6-13,17H,5,14-16H2,1-4H3,(H2,23,24,25);1H. The first kappa shape index (κ1) is 25.0. The number of guanidine groups is 1. The summed E-state index contributed by atoms with van der Waals surface area (Å²) in [7, 11) is 3.35. The number of methoxy groups -OCH3 is 2. The Morgan fingerprint density at radius 1 is 1.00 bits per heavy atom. The minimum Gasteiger partial charge on any atom is -0.497 e. The van der Waals surface area contributed by atoms with Gasteiger partial charge in [0.05, 0.1) is 26.8 Å². The quantitative estimate of drug-likeness (QED) is 0.286.